The second kappa shape index (κ2) is 6.62. The van der Waals surface area contributed by atoms with Gasteiger partial charge in [0.25, 0.3) is 0 Å². The van der Waals surface area contributed by atoms with Crippen LogP contribution in [-0.4, -0.2) is 44.9 Å². The molecule has 0 aliphatic carbocycles. The Balaban J connectivity index is 1.66. The number of carbonyl (C=O) groups excluding carboxylic acids is 1. The molecule has 2 rings (SSSR count). The fourth-order valence-corrected chi connectivity index (χ4v) is 1.63. The predicted molar refractivity (Wildman–Crippen MR) is 67.6 cm³/mol. The number of unbranched alkanes of at least 4 members (excludes halogenated alkanes) is 2. The molecule has 8 heteroatoms. The van der Waals surface area contributed by atoms with Crippen LogP contribution in [0, 0.1) is 0 Å². The lowest BCUT2D eigenvalue weighted by molar-refractivity contribution is -0.140. The average molecular weight is 264 g/mol. The molecular formula is C11H16N6O2. The molecule has 2 heterocycles. The van der Waals surface area contributed by atoms with E-state index in [0.29, 0.717) is 12.1 Å². The number of rotatable bonds is 7. The Morgan fingerprint density at radius 3 is 3.11 bits per heavy atom. The number of esters is 1. The third-order valence-electron chi connectivity index (χ3n) is 2.66. The largest absolute Gasteiger partial charge is 0.469 e. The number of anilines is 1. The van der Waals surface area contributed by atoms with Crippen molar-refractivity contribution in [3.63, 3.8) is 0 Å². The summed E-state index contributed by atoms with van der Waals surface area (Å²) in [5.74, 6) is 0.575. The number of ether oxygens (including phenoxy) is 1. The number of nitrogens with one attached hydrogen (secondary N) is 1. The summed E-state index contributed by atoms with van der Waals surface area (Å²) < 4.78 is 5.95. The van der Waals surface area contributed by atoms with Crippen molar-refractivity contribution in [3.05, 3.63) is 12.1 Å². The van der Waals surface area contributed by atoms with Gasteiger partial charge in [-0.25, -0.2) is 0 Å². The van der Waals surface area contributed by atoms with Gasteiger partial charge in [-0.2, -0.15) is 0 Å². The van der Waals surface area contributed by atoms with Gasteiger partial charge in [0.1, 0.15) is 5.82 Å². The normalized spacial score (nSPS) is 10.6. The minimum Gasteiger partial charge on any atom is -0.469 e. The molecule has 0 aromatic carbocycles. The Bertz CT molecular complexity index is 541. The molecule has 0 fully saturated rings. The smallest absolute Gasteiger partial charge is 0.305 e. The summed E-state index contributed by atoms with van der Waals surface area (Å²) in [6.07, 6.45) is 3.25. The van der Waals surface area contributed by atoms with Crippen LogP contribution < -0.4 is 5.32 Å². The molecular weight excluding hydrogens is 248 g/mol. The van der Waals surface area contributed by atoms with Crippen LogP contribution in [-0.2, 0) is 9.53 Å². The van der Waals surface area contributed by atoms with E-state index in [1.165, 1.54) is 11.7 Å². The maximum absolute atomic E-state index is 10.9. The fraction of sp³-hybridized carbons (Fsp3) is 0.545. The Labute approximate surface area is 110 Å². The zero-order chi connectivity index (χ0) is 13.5. The molecule has 8 nitrogen and oxygen atoms in total. The van der Waals surface area contributed by atoms with Gasteiger partial charge in [0.05, 0.1) is 7.11 Å². The van der Waals surface area contributed by atoms with Gasteiger partial charge >= 0.3 is 5.97 Å². The number of nitrogens with zero attached hydrogens (tertiary/aromatic N) is 5. The molecule has 0 atom stereocenters. The summed E-state index contributed by atoms with van der Waals surface area (Å²) in [6.45, 7) is 0.793. The van der Waals surface area contributed by atoms with Gasteiger partial charge in [-0.3, -0.25) is 4.79 Å². The second-order valence-electron chi connectivity index (χ2n) is 4.06. The van der Waals surface area contributed by atoms with Gasteiger partial charge in [0.2, 0.25) is 0 Å². The van der Waals surface area contributed by atoms with Crippen LogP contribution >= 0.6 is 0 Å². The molecule has 0 saturated heterocycles. The zero-order valence-corrected chi connectivity index (χ0v) is 10.7. The van der Waals surface area contributed by atoms with E-state index < -0.39 is 0 Å². The molecule has 0 aliphatic heterocycles. The molecule has 0 spiro atoms. The zero-order valence-electron chi connectivity index (χ0n) is 10.7. The van der Waals surface area contributed by atoms with Crippen molar-refractivity contribution < 1.29 is 9.53 Å². The van der Waals surface area contributed by atoms with Gasteiger partial charge in [-0.1, -0.05) is 6.42 Å². The number of hydrogen-bond donors (Lipinski definition) is 1. The third-order valence-corrected chi connectivity index (χ3v) is 2.66. The molecule has 19 heavy (non-hydrogen) atoms. The summed E-state index contributed by atoms with van der Waals surface area (Å²) in [4.78, 5) is 10.9. The molecule has 0 aliphatic rings. The van der Waals surface area contributed by atoms with E-state index >= 15 is 0 Å². The van der Waals surface area contributed by atoms with Crippen LogP contribution in [0.3, 0.4) is 0 Å². The number of fused-ring (bicyclic) bond motifs is 1. The van der Waals surface area contributed by atoms with Crippen molar-refractivity contribution in [2.24, 2.45) is 0 Å². The minimum absolute atomic E-state index is 0.154. The first-order chi connectivity index (χ1) is 9.29. The van der Waals surface area contributed by atoms with Crippen LogP contribution in [0.25, 0.3) is 5.65 Å². The first-order valence-electron chi connectivity index (χ1n) is 6.16. The van der Waals surface area contributed by atoms with E-state index in [1.54, 1.807) is 6.07 Å². The Kier molecular flexibility index (Phi) is 4.60. The number of carbonyl (C=O) groups is 1. The van der Waals surface area contributed by atoms with Crippen LogP contribution in [0.5, 0.6) is 0 Å². The average Bonchev–Trinajstić information content (AvgIpc) is 2.89. The van der Waals surface area contributed by atoms with E-state index in [4.69, 9.17) is 0 Å². The lowest BCUT2D eigenvalue weighted by Crippen LogP contribution is -2.06. The topological polar surface area (TPSA) is 94.3 Å². The van der Waals surface area contributed by atoms with Gasteiger partial charge in [0, 0.05) is 13.0 Å². The van der Waals surface area contributed by atoms with Crippen LogP contribution in [0.1, 0.15) is 25.7 Å². The minimum atomic E-state index is -0.154. The van der Waals surface area contributed by atoms with Crippen molar-refractivity contribution in [2.45, 2.75) is 25.7 Å². The maximum Gasteiger partial charge on any atom is 0.305 e. The summed E-state index contributed by atoms with van der Waals surface area (Å²) in [6, 6.07) is 3.63. The van der Waals surface area contributed by atoms with Crippen LogP contribution in [0.4, 0.5) is 5.82 Å². The van der Waals surface area contributed by atoms with Crippen LogP contribution in [0.2, 0.25) is 0 Å². The Morgan fingerprint density at radius 1 is 1.37 bits per heavy atom. The molecule has 0 amide bonds. The first kappa shape index (κ1) is 13.2. The Hall–Kier alpha value is -2.25. The standard InChI is InChI=1S/C11H16N6O2/c1-19-11(18)5-3-2-4-8-12-9-6-7-10-13-15-16-17(10)14-9/h6-7H,2-5,8H2,1H3,(H,12,14). The van der Waals surface area contributed by atoms with E-state index in [9.17, 15) is 4.79 Å². The molecule has 2 aromatic rings. The highest BCUT2D eigenvalue weighted by molar-refractivity contribution is 5.68. The van der Waals surface area contributed by atoms with E-state index in [-0.39, 0.29) is 5.97 Å². The molecule has 2 aromatic heterocycles. The predicted octanol–water partition coefficient (Wildman–Crippen LogP) is 0.665. The van der Waals surface area contributed by atoms with Crippen molar-refractivity contribution in [1.29, 1.82) is 0 Å². The lowest BCUT2D eigenvalue weighted by Gasteiger charge is -2.04. The van der Waals surface area contributed by atoms with Crippen molar-refractivity contribution >= 4 is 17.4 Å². The highest BCUT2D eigenvalue weighted by Crippen LogP contribution is 2.05. The number of hydrogen-bond acceptors (Lipinski definition) is 7. The second-order valence-corrected chi connectivity index (χ2v) is 4.06. The first-order valence-corrected chi connectivity index (χ1v) is 6.16. The van der Waals surface area contributed by atoms with Crippen LogP contribution in [0.15, 0.2) is 12.1 Å². The highest BCUT2D eigenvalue weighted by Gasteiger charge is 2.01. The van der Waals surface area contributed by atoms with Crippen molar-refractivity contribution in [3.8, 4) is 0 Å². The summed E-state index contributed by atoms with van der Waals surface area (Å²) in [5.41, 5.74) is 0.614. The highest BCUT2D eigenvalue weighted by atomic mass is 16.5. The van der Waals surface area contributed by atoms with Gasteiger partial charge in [-0.05, 0) is 35.4 Å². The van der Waals surface area contributed by atoms with Crippen molar-refractivity contribution in [1.82, 2.24) is 25.3 Å². The maximum atomic E-state index is 10.9. The van der Waals surface area contributed by atoms with Crippen molar-refractivity contribution in [2.75, 3.05) is 19.0 Å². The van der Waals surface area contributed by atoms with Gasteiger partial charge in [-0.15, -0.1) is 14.8 Å². The van der Waals surface area contributed by atoms with E-state index in [2.05, 4.69) is 30.7 Å². The molecule has 0 saturated carbocycles. The van der Waals surface area contributed by atoms with E-state index in [1.807, 2.05) is 6.07 Å². The summed E-state index contributed by atoms with van der Waals surface area (Å²) in [5, 5.41) is 18.4. The summed E-state index contributed by atoms with van der Waals surface area (Å²) >= 11 is 0. The number of aromatic nitrogens is 5. The fourth-order valence-electron chi connectivity index (χ4n) is 1.63. The molecule has 0 bridgehead atoms. The van der Waals surface area contributed by atoms with E-state index in [0.717, 1.165) is 31.6 Å². The molecule has 1 N–H and O–H groups in total. The lowest BCUT2D eigenvalue weighted by atomic mass is 10.2. The quantitative estimate of drug-likeness (QED) is 0.580. The number of tetrazole rings is 1. The third kappa shape index (κ3) is 3.87. The monoisotopic (exact) mass is 264 g/mol. The van der Waals surface area contributed by atoms with Gasteiger partial charge < -0.3 is 10.1 Å². The molecule has 0 unspecified atom stereocenters. The van der Waals surface area contributed by atoms with Gasteiger partial charge in [0.15, 0.2) is 5.65 Å². The SMILES string of the molecule is COC(=O)CCCCCNc1ccc2nnnn2n1. The number of methoxy groups -OCH3 is 1. The summed E-state index contributed by atoms with van der Waals surface area (Å²) in [7, 11) is 1.41. The molecule has 0 radical (unpaired) electrons. The Morgan fingerprint density at radius 2 is 2.26 bits per heavy atom. The molecule has 102 valence electrons.